The maximum absolute atomic E-state index is 3.79. The third-order valence-corrected chi connectivity index (χ3v) is 4.45. The highest BCUT2D eigenvalue weighted by atomic mass is 15.2. The number of nitrogens with one attached hydrogen (secondary N) is 1. The molecule has 0 aromatic rings. The van der Waals surface area contributed by atoms with E-state index in [1.807, 2.05) is 0 Å². The summed E-state index contributed by atoms with van der Waals surface area (Å²) in [5, 5.41) is 3.79. The standard InChI is InChI=1S/C15H30N2/c1-13-10-14(12-15(2,3)11-13)16-6-9-17-7-4-5-8-17/h13-14,16H,4-12H2,1-3H3. The molecule has 2 rings (SSSR count). The van der Waals surface area contributed by atoms with Crippen LogP contribution in [0.3, 0.4) is 0 Å². The molecule has 1 aliphatic heterocycles. The van der Waals surface area contributed by atoms with Crippen LogP contribution >= 0.6 is 0 Å². The van der Waals surface area contributed by atoms with E-state index in [1.165, 1.54) is 58.3 Å². The smallest absolute Gasteiger partial charge is 0.0107 e. The van der Waals surface area contributed by atoms with Gasteiger partial charge in [-0.25, -0.2) is 0 Å². The van der Waals surface area contributed by atoms with Gasteiger partial charge in [0.15, 0.2) is 0 Å². The van der Waals surface area contributed by atoms with Gasteiger partial charge >= 0.3 is 0 Å². The number of likely N-dealkylation sites (tertiary alicyclic amines) is 1. The third kappa shape index (κ3) is 4.26. The molecule has 1 N–H and O–H groups in total. The molecule has 2 atom stereocenters. The van der Waals surface area contributed by atoms with Gasteiger partial charge in [0.25, 0.3) is 0 Å². The van der Waals surface area contributed by atoms with Crippen molar-refractivity contribution in [2.24, 2.45) is 11.3 Å². The zero-order chi connectivity index (χ0) is 12.3. The van der Waals surface area contributed by atoms with Crippen LogP contribution in [0.5, 0.6) is 0 Å². The molecule has 2 nitrogen and oxygen atoms in total. The lowest BCUT2D eigenvalue weighted by Gasteiger charge is -2.39. The highest BCUT2D eigenvalue weighted by Crippen LogP contribution is 2.38. The number of hydrogen-bond acceptors (Lipinski definition) is 2. The summed E-state index contributed by atoms with van der Waals surface area (Å²) in [4.78, 5) is 2.60. The van der Waals surface area contributed by atoms with E-state index in [0.29, 0.717) is 5.41 Å². The molecule has 2 fully saturated rings. The monoisotopic (exact) mass is 238 g/mol. The van der Waals surface area contributed by atoms with Crippen LogP contribution in [0, 0.1) is 11.3 Å². The van der Waals surface area contributed by atoms with Crippen LogP contribution in [0.1, 0.15) is 52.9 Å². The minimum Gasteiger partial charge on any atom is -0.313 e. The van der Waals surface area contributed by atoms with Crippen LogP contribution in [-0.4, -0.2) is 37.1 Å². The Morgan fingerprint density at radius 3 is 2.53 bits per heavy atom. The Hall–Kier alpha value is -0.0800. The van der Waals surface area contributed by atoms with E-state index < -0.39 is 0 Å². The second-order valence-electron chi connectivity index (χ2n) is 7.11. The molecule has 2 unspecified atom stereocenters. The van der Waals surface area contributed by atoms with Gasteiger partial charge < -0.3 is 10.2 Å². The summed E-state index contributed by atoms with van der Waals surface area (Å²) < 4.78 is 0. The molecule has 0 bridgehead atoms. The van der Waals surface area contributed by atoms with E-state index >= 15 is 0 Å². The van der Waals surface area contributed by atoms with E-state index in [9.17, 15) is 0 Å². The average Bonchev–Trinajstić information content (AvgIpc) is 2.67. The predicted molar refractivity (Wildman–Crippen MR) is 74.3 cm³/mol. The zero-order valence-corrected chi connectivity index (χ0v) is 12.0. The Bertz CT molecular complexity index is 231. The van der Waals surface area contributed by atoms with Crippen LogP contribution in [0.15, 0.2) is 0 Å². The zero-order valence-electron chi connectivity index (χ0n) is 12.0. The lowest BCUT2D eigenvalue weighted by atomic mass is 9.70. The van der Waals surface area contributed by atoms with Crippen LogP contribution in [-0.2, 0) is 0 Å². The molecule has 0 spiro atoms. The quantitative estimate of drug-likeness (QED) is 0.810. The van der Waals surface area contributed by atoms with Crippen LogP contribution in [0.4, 0.5) is 0 Å². The molecule has 1 saturated carbocycles. The van der Waals surface area contributed by atoms with Crippen molar-refractivity contribution < 1.29 is 0 Å². The first-order chi connectivity index (χ1) is 8.05. The molecule has 0 aromatic carbocycles. The highest BCUT2D eigenvalue weighted by molar-refractivity contribution is 4.86. The Balaban J connectivity index is 1.67. The maximum atomic E-state index is 3.79. The minimum atomic E-state index is 0.545. The molecule has 100 valence electrons. The SMILES string of the molecule is CC1CC(NCCN2CCCC2)CC(C)(C)C1. The summed E-state index contributed by atoms with van der Waals surface area (Å²) in [6.45, 7) is 12.4. The van der Waals surface area contributed by atoms with Gasteiger partial charge in [0, 0.05) is 19.1 Å². The fourth-order valence-electron chi connectivity index (χ4n) is 3.93. The Kier molecular flexibility index (Phi) is 4.48. The van der Waals surface area contributed by atoms with Gasteiger partial charge in [-0.15, -0.1) is 0 Å². The van der Waals surface area contributed by atoms with Gasteiger partial charge in [0.05, 0.1) is 0 Å². The first kappa shape index (κ1) is 13.4. The summed E-state index contributed by atoms with van der Waals surface area (Å²) in [6, 6.07) is 0.761. The van der Waals surface area contributed by atoms with Crippen molar-refractivity contribution in [2.45, 2.75) is 58.9 Å². The number of rotatable bonds is 4. The summed E-state index contributed by atoms with van der Waals surface area (Å²) in [5.74, 6) is 0.892. The molecule has 1 saturated heterocycles. The molecule has 0 aromatic heterocycles. The number of nitrogens with zero attached hydrogens (tertiary/aromatic N) is 1. The molecule has 0 amide bonds. The van der Waals surface area contributed by atoms with Gasteiger partial charge in [-0.1, -0.05) is 20.8 Å². The topological polar surface area (TPSA) is 15.3 Å². The van der Waals surface area contributed by atoms with Crippen molar-refractivity contribution in [3.05, 3.63) is 0 Å². The van der Waals surface area contributed by atoms with Gasteiger partial charge in [-0.05, 0) is 56.5 Å². The van der Waals surface area contributed by atoms with E-state index in [0.717, 1.165) is 12.0 Å². The molecule has 2 heteroatoms. The lowest BCUT2D eigenvalue weighted by molar-refractivity contribution is 0.149. The molecule has 1 aliphatic carbocycles. The second-order valence-corrected chi connectivity index (χ2v) is 7.11. The molecule has 2 aliphatic rings. The van der Waals surface area contributed by atoms with Crippen molar-refractivity contribution in [2.75, 3.05) is 26.2 Å². The second kappa shape index (κ2) is 5.71. The van der Waals surface area contributed by atoms with Crippen molar-refractivity contribution in [1.29, 1.82) is 0 Å². The van der Waals surface area contributed by atoms with Crippen LogP contribution in [0.25, 0.3) is 0 Å². The largest absolute Gasteiger partial charge is 0.313 e. The highest BCUT2D eigenvalue weighted by Gasteiger charge is 2.31. The Morgan fingerprint density at radius 1 is 1.18 bits per heavy atom. The van der Waals surface area contributed by atoms with Gasteiger partial charge in [0.1, 0.15) is 0 Å². The molecular formula is C15H30N2. The van der Waals surface area contributed by atoms with Crippen molar-refractivity contribution >= 4 is 0 Å². The summed E-state index contributed by atoms with van der Waals surface area (Å²) in [6.07, 6.45) is 6.96. The Morgan fingerprint density at radius 2 is 1.88 bits per heavy atom. The van der Waals surface area contributed by atoms with Crippen molar-refractivity contribution in [1.82, 2.24) is 10.2 Å². The summed E-state index contributed by atoms with van der Waals surface area (Å²) in [5.41, 5.74) is 0.545. The van der Waals surface area contributed by atoms with Crippen LogP contribution < -0.4 is 5.32 Å². The van der Waals surface area contributed by atoms with Crippen molar-refractivity contribution in [3.8, 4) is 0 Å². The van der Waals surface area contributed by atoms with Crippen molar-refractivity contribution in [3.63, 3.8) is 0 Å². The normalized spacial score (nSPS) is 34.1. The number of hydrogen-bond donors (Lipinski definition) is 1. The van der Waals surface area contributed by atoms with E-state index in [1.54, 1.807) is 0 Å². The third-order valence-electron chi connectivity index (χ3n) is 4.45. The van der Waals surface area contributed by atoms with E-state index in [4.69, 9.17) is 0 Å². The fraction of sp³-hybridized carbons (Fsp3) is 1.00. The Labute approximate surface area is 107 Å². The van der Waals surface area contributed by atoms with Gasteiger partial charge in [0.2, 0.25) is 0 Å². The van der Waals surface area contributed by atoms with Gasteiger partial charge in [-0.2, -0.15) is 0 Å². The molecule has 17 heavy (non-hydrogen) atoms. The summed E-state index contributed by atoms with van der Waals surface area (Å²) in [7, 11) is 0. The average molecular weight is 238 g/mol. The maximum Gasteiger partial charge on any atom is 0.0107 e. The first-order valence-corrected chi connectivity index (χ1v) is 7.51. The predicted octanol–water partition coefficient (Wildman–Crippen LogP) is 2.89. The molecule has 0 radical (unpaired) electrons. The minimum absolute atomic E-state index is 0.545. The summed E-state index contributed by atoms with van der Waals surface area (Å²) >= 11 is 0. The lowest BCUT2D eigenvalue weighted by Crippen LogP contribution is -2.42. The van der Waals surface area contributed by atoms with E-state index in [-0.39, 0.29) is 0 Å². The fourth-order valence-corrected chi connectivity index (χ4v) is 3.93. The molecule has 1 heterocycles. The van der Waals surface area contributed by atoms with Gasteiger partial charge in [-0.3, -0.25) is 0 Å². The van der Waals surface area contributed by atoms with Crippen LogP contribution in [0.2, 0.25) is 0 Å². The van der Waals surface area contributed by atoms with E-state index in [2.05, 4.69) is 31.0 Å². The first-order valence-electron chi connectivity index (χ1n) is 7.51. The molecular weight excluding hydrogens is 208 g/mol.